The lowest BCUT2D eigenvalue weighted by molar-refractivity contribution is 0.141. The molecule has 4 rings (SSSR count). The molecule has 0 bridgehead atoms. The highest BCUT2D eigenvalue weighted by Gasteiger charge is 2.32. The SMILES string of the molecule is Oc1ccc(Cl)c(CN2C[C@@H](Cc3ccnc4ccccc34)[C@H](O)C2)c1Cl. The maximum absolute atomic E-state index is 10.6. The molecule has 140 valence electrons. The molecule has 6 heteroatoms. The summed E-state index contributed by atoms with van der Waals surface area (Å²) < 4.78 is 0. The van der Waals surface area contributed by atoms with Crippen molar-refractivity contribution >= 4 is 34.1 Å². The van der Waals surface area contributed by atoms with Crippen molar-refractivity contribution < 1.29 is 10.2 Å². The molecule has 1 aromatic heterocycles. The van der Waals surface area contributed by atoms with E-state index in [0.717, 1.165) is 23.9 Å². The summed E-state index contributed by atoms with van der Waals surface area (Å²) in [5.74, 6) is 0.140. The van der Waals surface area contributed by atoms with Gasteiger partial charge >= 0.3 is 0 Å². The lowest BCUT2D eigenvalue weighted by atomic mass is 9.94. The second-order valence-corrected chi connectivity index (χ2v) is 7.86. The van der Waals surface area contributed by atoms with Gasteiger partial charge in [0.05, 0.1) is 16.6 Å². The number of phenolic OH excluding ortho intramolecular Hbond substituents is 1. The second-order valence-electron chi connectivity index (χ2n) is 7.07. The lowest BCUT2D eigenvalue weighted by Gasteiger charge is -2.18. The quantitative estimate of drug-likeness (QED) is 0.683. The first-order valence-electron chi connectivity index (χ1n) is 8.92. The Bertz CT molecular complexity index is 974. The number of para-hydroxylation sites is 1. The van der Waals surface area contributed by atoms with E-state index in [1.807, 2.05) is 30.5 Å². The number of aliphatic hydroxyl groups excluding tert-OH is 1. The van der Waals surface area contributed by atoms with E-state index in [-0.39, 0.29) is 16.7 Å². The molecule has 0 saturated carbocycles. The van der Waals surface area contributed by atoms with Crippen molar-refractivity contribution in [3.8, 4) is 5.75 Å². The molecule has 1 fully saturated rings. The summed E-state index contributed by atoms with van der Waals surface area (Å²) in [5, 5.41) is 22.4. The number of likely N-dealkylation sites (tertiary alicyclic amines) is 1. The van der Waals surface area contributed by atoms with Crippen LogP contribution >= 0.6 is 23.2 Å². The lowest BCUT2D eigenvalue weighted by Crippen LogP contribution is -2.21. The summed E-state index contributed by atoms with van der Waals surface area (Å²) in [5.41, 5.74) is 2.86. The first-order chi connectivity index (χ1) is 13.0. The Balaban J connectivity index is 1.51. The molecule has 1 saturated heterocycles. The fourth-order valence-corrected chi connectivity index (χ4v) is 4.33. The van der Waals surface area contributed by atoms with Gasteiger partial charge in [-0.15, -0.1) is 0 Å². The van der Waals surface area contributed by atoms with Crippen LogP contribution < -0.4 is 0 Å². The number of rotatable bonds is 4. The number of hydrogen-bond donors (Lipinski definition) is 2. The highest BCUT2D eigenvalue weighted by Crippen LogP contribution is 2.35. The standard InChI is InChI=1S/C21H20Cl2N2O2/c22-17-5-6-19(26)21(23)16(17)11-25-10-14(20(27)12-25)9-13-7-8-24-18-4-2-1-3-15(13)18/h1-8,14,20,26-27H,9-12H2/t14-,20-/m1/s1. The average Bonchev–Trinajstić information content (AvgIpc) is 3.01. The Morgan fingerprint density at radius 2 is 1.89 bits per heavy atom. The highest BCUT2D eigenvalue weighted by molar-refractivity contribution is 6.36. The van der Waals surface area contributed by atoms with E-state index in [1.54, 1.807) is 6.07 Å². The normalized spacial score (nSPS) is 20.4. The number of aromatic nitrogens is 1. The van der Waals surface area contributed by atoms with Gasteiger partial charge in [-0.1, -0.05) is 41.4 Å². The highest BCUT2D eigenvalue weighted by atomic mass is 35.5. The van der Waals surface area contributed by atoms with Gasteiger partial charge in [0.15, 0.2) is 0 Å². The molecular formula is C21H20Cl2N2O2. The van der Waals surface area contributed by atoms with E-state index in [1.165, 1.54) is 11.6 Å². The molecule has 0 aliphatic carbocycles. The number of halogens is 2. The molecule has 2 N–H and O–H groups in total. The molecule has 0 unspecified atom stereocenters. The summed E-state index contributed by atoms with van der Waals surface area (Å²) in [6.45, 7) is 1.78. The third kappa shape index (κ3) is 3.76. The van der Waals surface area contributed by atoms with Crippen LogP contribution in [0.25, 0.3) is 10.9 Å². The maximum Gasteiger partial charge on any atom is 0.134 e. The topological polar surface area (TPSA) is 56.6 Å². The van der Waals surface area contributed by atoms with Crippen molar-refractivity contribution in [2.24, 2.45) is 5.92 Å². The molecule has 1 aliphatic rings. The van der Waals surface area contributed by atoms with Crippen LogP contribution in [0.1, 0.15) is 11.1 Å². The summed E-state index contributed by atoms with van der Waals surface area (Å²) in [4.78, 5) is 6.54. The number of nitrogens with zero attached hydrogens (tertiary/aromatic N) is 2. The van der Waals surface area contributed by atoms with Crippen LogP contribution in [0, 0.1) is 5.92 Å². The van der Waals surface area contributed by atoms with Gasteiger partial charge in [-0.25, -0.2) is 0 Å². The molecule has 0 spiro atoms. The molecule has 27 heavy (non-hydrogen) atoms. The van der Waals surface area contributed by atoms with Gasteiger partial charge in [-0.05, 0) is 36.2 Å². The maximum atomic E-state index is 10.6. The molecule has 2 heterocycles. The first kappa shape index (κ1) is 18.5. The van der Waals surface area contributed by atoms with Crippen LogP contribution in [0.3, 0.4) is 0 Å². The van der Waals surface area contributed by atoms with Crippen LogP contribution in [0.2, 0.25) is 10.0 Å². The van der Waals surface area contributed by atoms with Crippen LogP contribution in [0.5, 0.6) is 5.75 Å². The summed E-state index contributed by atoms with van der Waals surface area (Å²) >= 11 is 12.5. The van der Waals surface area contributed by atoms with Crippen LogP contribution in [0.4, 0.5) is 0 Å². The minimum absolute atomic E-state index is 0.0237. The van der Waals surface area contributed by atoms with Gasteiger partial charge in [0.1, 0.15) is 5.75 Å². The molecule has 3 aromatic rings. The predicted molar refractivity (Wildman–Crippen MR) is 108 cm³/mol. The average molecular weight is 403 g/mol. The van der Waals surface area contributed by atoms with Gasteiger partial charge < -0.3 is 10.2 Å². The van der Waals surface area contributed by atoms with Gasteiger partial charge in [0.2, 0.25) is 0 Å². The van der Waals surface area contributed by atoms with Crippen LogP contribution in [-0.4, -0.2) is 39.3 Å². The molecule has 1 aliphatic heterocycles. The largest absolute Gasteiger partial charge is 0.506 e. The monoisotopic (exact) mass is 402 g/mol. The van der Waals surface area contributed by atoms with Crippen molar-refractivity contribution in [1.29, 1.82) is 0 Å². The second kappa shape index (κ2) is 7.64. The van der Waals surface area contributed by atoms with Gasteiger partial charge in [-0.3, -0.25) is 9.88 Å². The minimum Gasteiger partial charge on any atom is -0.506 e. The summed E-state index contributed by atoms with van der Waals surface area (Å²) in [7, 11) is 0. The molecule has 0 amide bonds. The summed E-state index contributed by atoms with van der Waals surface area (Å²) in [6.07, 6.45) is 2.18. The number of β-amino-alcohol motifs (C(OH)–C–C–N with tert-alkyl or cyclic N) is 1. The number of aliphatic hydroxyl groups is 1. The van der Waals surface area contributed by atoms with Gasteiger partial charge in [-0.2, -0.15) is 0 Å². The van der Waals surface area contributed by atoms with E-state index >= 15 is 0 Å². The van der Waals surface area contributed by atoms with Crippen molar-refractivity contribution in [3.63, 3.8) is 0 Å². The fourth-order valence-electron chi connectivity index (χ4n) is 3.84. The zero-order valence-electron chi connectivity index (χ0n) is 14.6. The summed E-state index contributed by atoms with van der Waals surface area (Å²) in [6, 6.07) is 13.2. The van der Waals surface area contributed by atoms with E-state index < -0.39 is 6.10 Å². The Hall–Kier alpha value is -1.85. The molecule has 0 radical (unpaired) electrons. The van der Waals surface area contributed by atoms with Crippen LogP contribution in [0.15, 0.2) is 48.7 Å². The Kier molecular flexibility index (Phi) is 5.24. The van der Waals surface area contributed by atoms with Crippen molar-refractivity contribution in [1.82, 2.24) is 9.88 Å². The number of benzene rings is 2. The van der Waals surface area contributed by atoms with Crippen molar-refractivity contribution in [3.05, 3.63) is 69.8 Å². The molecule has 4 nitrogen and oxygen atoms in total. The fraction of sp³-hybridized carbons (Fsp3) is 0.286. The number of fused-ring (bicyclic) bond motifs is 1. The van der Waals surface area contributed by atoms with Crippen LogP contribution in [-0.2, 0) is 13.0 Å². The number of aromatic hydroxyl groups is 1. The van der Waals surface area contributed by atoms with E-state index in [0.29, 0.717) is 23.7 Å². The van der Waals surface area contributed by atoms with Gasteiger partial charge in [0.25, 0.3) is 0 Å². The number of hydrogen-bond acceptors (Lipinski definition) is 4. The molecular weight excluding hydrogens is 383 g/mol. The zero-order valence-corrected chi connectivity index (χ0v) is 16.2. The van der Waals surface area contributed by atoms with Gasteiger partial charge in [0, 0.05) is 47.7 Å². The van der Waals surface area contributed by atoms with E-state index in [2.05, 4.69) is 16.0 Å². The Labute approximate surface area is 168 Å². The Morgan fingerprint density at radius 1 is 1.07 bits per heavy atom. The number of phenols is 1. The van der Waals surface area contributed by atoms with E-state index in [4.69, 9.17) is 23.2 Å². The zero-order chi connectivity index (χ0) is 19.0. The van der Waals surface area contributed by atoms with Crippen molar-refractivity contribution in [2.45, 2.75) is 19.1 Å². The minimum atomic E-state index is -0.424. The Morgan fingerprint density at radius 3 is 2.74 bits per heavy atom. The predicted octanol–water partition coefficient (Wildman–Crippen LogP) is 4.28. The van der Waals surface area contributed by atoms with Crippen molar-refractivity contribution in [2.75, 3.05) is 13.1 Å². The number of pyridine rings is 1. The third-order valence-corrected chi connectivity index (χ3v) is 6.03. The molecule has 2 aromatic carbocycles. The molecule has 2 atom stereocenters. The smallest absolute Gasteiger partial charge is 0.134 e. The van der Waals surface area contributed by atoms with E-state index in [9.17, 15) is 10.2 Å². The third-order valence-electron chi connectivity index (χ3n) is 5.25. The first-order valence-corrected chi connectivity index (χ1v) is 9.67.